The highest BCUT2D eigenvalue weighted by molar-refractivity contribution is 5.91. The Bertz CT molecular complexity index is 787. The van der Waals surface area contributed by atoms with Crippen molar-refractivity contribution in [2.75, 3.05) is 0 Å². The molecule has 1 heterocycles. The Kier molecular flexibility index (Phi) is 3.57. The Morgan fingerprint density at radius 1 is 1.14 bits per heavy atom. The third-order valence-electron chi connectivity index (χ3n) is 3.49. The van der Waals surface area contributed by atoms with E-state index in [1.165, 1.54) is 5.39 Å². The Morgan fingerprint density at radius 3 is 2.62 bits per heavy atom. The summed E-state index contributed by atoms with van der Waals surface area (Å²) in [6.07, 6.45) is 2.71. The summed E-state index contributed by atoms with van der Waals surface area (Å²) in [7, 11) is 0. The second-order valence-electron chi connectivity index (χ2n) is 5.73. The van der Waals surface area contributed by atoms with E-state index in [9.17, 15) is 4.79 Å². The molecule has 2 aromatic carbocycles. The monoisotopic (exact) mass is 278 g/mol. The van der Waals surface area contributed by atoms with E-state index in [2.05, 4.69) is 43.2 Å². The lowest BCUT2D eigenvalue weighted by Gasteiger charge is -2.04. The second-order valence-corrected chi connectivity index (χ2v) is 5.73. The molecule has 0 radical (unpaired) electrons. The van der Waals surface area contributed by atoms with Crippen molar-refractivity contribution >= 4 is 17.1 Å². The van der Waals surface area contributed by atoms with Gasteiger partial charge in [-0.25, -0.2) is 0 Å². The Hall–Kier alpha value is -2.42. The van der Waals surface area contributed by atoms with Crippen molar-refractivity contribution in [1.29, 1.82) is 0 Å². The lowest BCUT2D eigenvalue weighted by molar-refractivity contribution is 0.112. The number of carbonyl (C=O) groups excluding carboxylic acids is 1. The zero-order valence-corrected chi connectivity index (χ0v) is 12.3. The molecule has 0 amide bonds. The number of aldehydes is 1. The maximum absolute atomic E-state index is 11.3. The maximum Gasteiger partial charge on any atom is 0.153 e. The van der Waals surface area contributed by atoms with Crippen molar-refractivity contribution in [2.45, 2.75) is 20.4 Å². The smallest absolute Gasteiger partial charge is 0.153 e. The van der Waals surface area contributed by atoms with Crippen LogP contribution < -0.4 is 0 Å². The molecule has 21 heavy (non-hydrogen) atoms. The number of nitrogens with zero attached hydrogens (tertiary/aromatic N) is 2. The van der Waals surface area contributed by atoms with E-state index in [0.717, 1.165) is 29.5 Å². The average Bonchev–Trinajstić information content (AvgIpc) is 2.89. The van der Waals surface area contributed by atoms with Crippen LogP contribution in [0.2, 0.25) is 0 Å². The number of carbonyl (C=O) groups is 1. The molecule has 3 rings (SSSR count). The van der Waals surface area contributed by atoms with Gasteiger partial charge < -0.3 is 0 Å². The molecule has 1 aromatic heterocycles. The first-order valence-electron chi connectivity index (χ1n) is 7.19. The molecule has 0 aliphatic heterocycles. The van der Waals surface area contributed by atoms with Crippen LogP contribution in [-0.2, 0) is 6.54 Å². The molecule has 0 saturated carbocycles. The molecule has 0 aliphatic carbocycles. The van der Waals surface area contributed by atoms with Crippen molar-refractivity contribution < 1.29 is 4.79 Å². The van der Waals surface area contributed by atoms with Crippen molar-refractivity contribution in [3.8, 4) is 11.3 Å². The summed E-state index contributed by atoms with van der Waals surface area (Å²) in [5.41, 5.74) is 2.39. The maximum atomic E-state index is 11.3. The second kappa shape index (κ2) is 5.52. The van der Waals surface area contributed by atoms with Gasteiger partial charge in [0.1, 0.15) is 5.69 Å². The number of fused-ring (bicyclic) bond motifs is 1. The third kappa shape index (κ3) is 2.72. The van der Waals surface area contributed by atoms with E-state index in [0.29, 0.717) is 11.5 Å². The first-order valence-corrected chi connectivity index (χ1v) is 7.19. The normalized spacial score (nSPS) is 11.2. The van der Waals surface area contributed by atoms with Gasteiger partial charge in [0, 0.05) is 18.3 Å². The van der Waals surface area contributed by atoms with E-state index < -0.39 is 0 Å². The number of hydrogen-bond donors (Lipinski definition) is 0. The van der Waals surface area contributed by atoms with Crippen LogP contribution in [0, 0.1) is 5.92 Å². The van der Waals surface area contributed by atoms with E-state index >= 15 is 0 Å². The van der Waals surface area contributed by atoms with Crippen LogP contribution in [0.4, 0.5) is 0 Å². The summed E-state index contributed by atoms with van der Waals surface area (Å²) < 4.78 is 1.86. The molecular weight excluding hydrogens is 260 g/mol. The van der Waals surface area contributed by atoms with Gasteiger partial charge in [0.15, 0.2) is 6.29 Å². The van der Waals surface area contributed by atoms with Gasteiger partial charge in [-0.15, -0.1) is 0 Å². The molecule has 0 bridgehead atoms. The van der Waals surface area contributed by atoms with Crippen molar-refractivity contribution in [2.24, 2.45) is 5.92 Å². The Morgan fingerprint density at radius 2 is 1.90 bits per heavy atom. The van der Waals surface area contributed by atoms with Crippen molar-refractivity contribution in [3.05, 3.63) is 54.2 Å². The lowest BCUT2D eigenvalue weighted by Crippen LogP contribution is -2.04. The minimum absolute atomic E-state index is 0.494. The van der Waals surface area contributed by atoms with Crippen LogP contribution in [0.3, 0.4) is 0 Å². The highest BCUT2D eigenvalue weighted by Gasteiger charge is 2.11. The molecule has 3 heteroatoms. The molecule has 0 spiro atoms. The van der Waals surface area contributed by atoms with E-state index in [1.54, 1.807) is 0 Å². The lowest BCUT2D eigenvalue weighted by atomic mass is 10.0. The molecule has 3 aromatic rings. The van der Waals surface area contributed by atoms with E-state index in [1.807, 2.05) is 29.1 Å². The highest BCUT2D eigenvalue weighted by Crippen LogP contribution is 2.25. The number of hydrogen-bond acceptors (Lipinski definition) is 2. The van der Waals surface area contributed by atoms with Crippen LogP contribution in [0.1, 0.15) is 24.2 Å². The van der Waals surface area contributed by atoms with Crippen LogP contribution in [-0.4, -0.2) is 16.1 Å². The number of rotatable bonds is 4. The molecule has 0 unspecified atom stereocenters. The van der Waals surface area contributed by atoms with Gasteiger partial charge in [0.05, 0.1) is 5.56 Å². The van der Waals surface area contributed by atoms with Gasteiger partial charge in [-0.2, -0.15) is 5.10 Å². The molecular formula is C18H18N2O. The predicted molar refractivity (Wildman–Crippen MR) is 85.4 cm³/mol. The highest BCUT2D eigenvalue weighted by atomic mass is 16.1. The topological polar surface area (TPSA) is 34.9 Å². The molecule has 0 saturated heterocycles. The molecule has 0 atom stereocenters. The minimum atomic E-state index is 0.494. The summed E-state index contributed by atoms with van der Waals surface area (Å²) in [4.78, 5) is 11.3. The van der Waals surface area contributed by atoms with Gasteiger partial charge in [0.2, 0.25) is 0 Å². The van der Waals surface area contributed by atoms with E-state index in [4.69, 9.17) is 0 Å². The molecule has 0 N–H and O–H groups in total. The number of aromatic nitrogens is 2. The van der Waals surface area contributed by atoms with Crippen LogP contribution in [0.25, 0.3) is 22.0 Å². The zero-order chi connectivity index (χ0) is 14.8. The minimum Gasteiger partial charge on any atom is -0.298 e. The van der Waals surface area contributed by atoms with Crippen LogP contribution in [0.15, 0.2) is 48.7 Å². The van der Waals surface area contributed by atoms with Gasteiger partial charge in [-0.3, -0.25) is 9.48 Å². The summed E-state index contributed by atoms with van der Waals surface area (Å²) >= 11 is 0. The predicted octanol–water partition coefficient (Wildman–Crippen LogP) is 4.17. The standard InChI is InChI=1S/C18H18N2O/c1-13(2)10-20-11-17(12-21)18(19-20)16-8-7-14-5-3-4-6-15(14)9-16/h3-9,11-13H,10H2,1-2H3. The largest absolute Gasteiger partial charge is 0.298 e. The van der Waals surface area contributed by atoms with Gasteiger partial charge >= 0.3 is 0 Å². The van der Waals surface area contributed by atoms with E-state index in [-0.39, 0.29) is 0 Å². The fourth-order valence-corrected chi connectivity index (χ4v) is 2.55. The van der Waals surface area contributed by atoms with Gasteiger partial charge in [-0.1, -0.05) is 50.2 Å². The first-order chi connectivity index (χ1) is 10.2. The summed E-state index contributed by atoms with van der Waals surface area (Å²) in [6.45, 7) is 5.09. The Labute approximate surface area is 124 Å². The fourth-order valence-electron chi connectivity index (χ4n) is 2.55. The van der Waals surface area contributed by atoms with Gasteiger partial charge in [0.25, 0.3) is 0 Å². The molecule has 106 valence electrons. The summed E-state index contributed by atoms with van der Waals surface area (Å²) in [5.74, 6) is 0.494. The first kappa shape index (κ1) is 13.6. The summed E-state index contributed by atoms with van der Waals surface area (Å²) in [5, 5.41) is 6.93. The SMILES string of the molecule is CC(C)Cn1cc(C=O)c(-c2ccc3ccccc3c2)n1. The number of benzene rings is 2. The third-order valence-corrected chi connectivity index (χ3v) is 3.49. The fraction of sp³-hybridized carbons (Fsp3) is 0.222. The molecule has 0 fully saturated rings. The zero-order valence-electron chi connectivity index (χ0n) is 12.3. The average molecular weight is 278 g/mol. The quantitative estimate of drug-likeness (QED) is 0.671. The molecule has 0 aliphatic rings. The van der Waals surface area contributed by atoms with Crippen LogP contribution >= 0.6 is 0 Å². The van der Waals surface area contributed by atoms with Crippen molar-refractivity contribution in [1.82, 2.24) is 9.78 Å². The van der Waals surface area contributed by atoms with Gasteiger partial charge in [-0.05, 0) is 22.8 Å². The van der Waals surface area contributed by atoms with Crippen LogP contribution in [0.5, 0.6) is 0 Å². The Balaban J connectivity index is 2.08. The summed E-state index contributed by atoms with van der Waals surface area (Å²) in [6, 6.07) is 14.4. The van der Waals surface area contributed by atoms with Crippen molar-refractivity contribution in [3.63, 3.8) is 0 Å². The molecule has 3 nitrogen and oxygen atoms in total.